The van der Waals surface area contributed by atoms with E-state index in [1.165, 1.54) is 0 Å². The average Bonchev–Trinajstić information content (AvgIpc) is 2.46. The predicted octanol–water partition coefficient (Wildman–Crippen LogP) is 3.51. The molecule has 4 nitrogen and oxygen atoms in total. The first-order chi connectivity index (χ1) is 10.1. The van der Waals surface area contributed by atoms with Gasteiger partial charge in [-0.25, -0.2) is 0 Å². The monoisotopic (exact) mass is 389 g/mol. The zero-order valence-corrected chi connectivity index (χ0v) is 13.2. The van der Waals surface area contributed by atoms with Gasteiger partial charge in [-0.1, -0.05) is 12.1 Å². The SMILES string of the molecule is N#CC1C(=N)Oc2ccc(N)cc2C1c1cccc(I)c1. The van der Waals surface area contributed by atoms with E-state index in [2.05, 4.69) is 28.7 Å². The van der Waals surface area contributed by atoms with Gasteiger partial charge in [0.05, 0.1) is 6.07 Å². The number of fused-ring (bicyclic) bond motifs is 1. The summed E-state index contributed by atoms with van der Waals surface area (Å²) in [5.74, 6) is -0.287. The predicted molar refractivity (Wildman–Crippen MR) is 89.3 cm³/mol. The molecule has 21 heavy (non-hydrogen) atoms. The summed E-state index contributed by atoms with van der Waals surface area (Å²) >= 11 is 2.24. The van der Waals surface area contributed by atoms with E-state index in [0.29, 0.717) is 11.4 Å². The van der Waals surface area contributed by atoms with Crippen LogP contribution in [0.3, 0.4) is 0 Å². The van der Waals surface area contributed by atoms with Crippen LogP contribution in [0.1, 0.15) is 17.0 Å². The van der Waals surface area contributed by atoms with Gasteiger partial charge in [0, 0.05) is 20.7 Å². The number of hydrogen-bond donors (Lipinski definition) is 2. The van der Waals surface area contributed by atoms with Gasteiger partial charge in [0.2, 0.25) is 5.90 Å². The maximum absolute atomic E-state index is 9.45. The van der Waals surface area contributed by atoms with Crippen LogP contribution in [0.4, 0.5) is 5.69 Å². The second kappa shape index (κ2) is 5.37. The van der Waals surface area contributed by atoms with E-state index in [1.807, 2.05) is 30.3 Å². The first-order valence-electron chi connectivity index (χ1n) is 6.41. The fourth-order valence-electron chi connectivity index (χ4n) is 2.62. The molecule has 0 aromatic heterocycles. The van der Waals surface area contributed by atoms with E-state index < -0.39 is 5.92 Å². The molecule has 5 heteroatoms. The Morgan fingerprint density at radius 3 is 2.76 bits per heavy atom. The van der Waals surface area contributed by atoms with Crippen molar-refractivity contribution in [2.45, 2.75) is 5.92 Å². The Morgan fingerprint density at radius 2 is 2.05 bits per heavy atom. The quantitative estimate of drug-likeness (QED) is 0.579. The number of nitrogens with zero attached hydrogens (tertiary/aromatic N) is 1. The fraction of sp³-hybridized carbons (Fsp3) is 0.125. The Hall–Kier alpha value is -2.07. The molecule has 104 valence electrons. The second-order valence-electron chi connectivity index (χ2n) is 4.90. The molecule has 0 radical (unpaired) electrons. The average molecular weight is 389 g/mol. The first kappa shape index (κ1) is 13.9. The van der Waals surface area contributed by atoms with Crippen molar-refractivity contribution in [3.63, 3.8) is 0 Å². The van der Waals surface area contributed by atoms with Crippen LogP contribution in [-0.2, 0) is 0 Å². The van der Waals surface area contributed by atoms with Gasteiger partial charge in [-0.15, -0.1) is 0 Å². The van der Waals surface area contributed by atoms with Gasteiger partial charge in [0.1, 0.15) is 11.7 Å². The summed E-state index contributed by atoms with van der Waals surface area (Å²) < 4.78 is 6.56. The number of nitrogens with one attached hydrogen (secondary N) is 1. The molecule has 2 aromatic rings. The Bertz CT molecular complexity index is 766. The van der Waals surface area contributed by atoms with Crippen molar-refractivity contribution in [1.82, 2.24) is 0 Å². The summed E-state index contributed by atoms with van der Waals surface area (Å²) in [7, 11) is 0. The molecule has 0 aliphatic carbocycles. The lowest BCUT2D eigenvalue weighted by molar-refractivity contribution is 0.450. The molecule has 2 aromatic carbocycles. The zero-order valence-electron chi connectivity index (χ0n) is 11.0. The molecule has 0 bridgehead atoms. The van der Waals surface area contributed by atoms with E-state index in [4.69, 9.17) is 15.9 Å². The number of rotatable bonds is 1. The lowest BCUT2D eigenvalue weighted by Crippen LogP contribution is -2.31. The number of nitrogen functional groups attached to an aromatic ring is 1. The topological polar surface area (TPSA) is 82.9 Å². The molecule has 0 spiro atoms. The molecule has 0 saturated heterocycles. The van der Waals surface area contributed by atoms with Crippen molar-refractivity contribution >= 4 is 34.2 Å². The highest BCUT2D eigenvalue weighted by Gasteiger charge is 2.36. The first-order valence-corrected chi connectivity index (χ1v) is 7.49. The fourth-order valence-corrected chi connectivity index (χ4v) is 3.19. The third-order valence-corrected chi connectivity index (χ3v) is 4.22. The third-order valence-electron chi connectivity index (χ3n) is 3.55. The summed E-state index contributed by atoms with van der Waals surface area (Å²) in [6.07, 6.45) is 0. The van der Waals surface area contributed by atoms with Crippen LogP contribution in [-0.4, -0.2) is 5.90 Å². The van der Waals surface area contributed by atoms with E-state index in [-0.39, 0.29) is 11.8 Å². The molecular formula is C16H12IN3O. The van der Waals surface area contributed by atoms with Gasteiger partial charge in [0.15, 0.2) is 0 Å². The molecule has 1 aliphatic heterocycles. The second-order valence-corrected chi connectivity index (χ2v) is 6.15. The lowest BCUT2D eigenvalue weighted by atomic mass is 9.79. The van der Waals surface area contributed by atoms with E-state index in [9.17, 15) is 5.26 Å². The molecule has 1 heterocycles. The van der Waals surface area contributed by atoms with Gasteiger partial charge >= 0.3 is 0 Å². The van der Waals surface area contributed by atoms with Crippen molar-refractivity contribution in [2.24, 2.45) is 5.92 Å². The number of benzene rings is 2. The number of anilines is 1. The van der Waals surface area contributed by atoms with Crippen LogP contribution in [0, 0.1) is 26.2 Å². The maximum atomic E-state index is 9.45. The van der Waals surface area contributed by atoms with Gasteiger partial charge < -0.3 is 10.5 Å². The number of nitrogens with two attached hydrogens (primary N) is 1. The molecule has 3 N–H and O–H groups in total. The minimum Gasteiger partial charge on any atom is -0.442 e. The van der Waals surface area contributed by atoms with Crippen molar-refractivity contribution in [3.8, 4) is 11.8 Å². The Kier molecular flexibility index (Phi) is 3.55. The third kappa shape index (κ3) is 2.47. The van der Waals surface area contributed by atoms with Crippen LogP contribution in [0.25, 0.3) is 0 Å². The van der Waals surface area contributed by atoms with Crippen molar-refractivity contribution < 1.29 is 4.74 Å². The molecule has 0 fully saturated rings. The van der Waals surface area contributed by atoms with Gasteiger partial charge in [0.25, 0.3) is 0 Å². The smallest absolute Gasteiger partial charge is 0.205 e. The van der Waals surface area contributed by atoms with Crippen LogP contribution >= 0.6 is 22.6 Å². The zero-order chi connectivity index (χ0) is 15.0. The van der Waals surface area contributed by atoms with Crippen LogP contribution in [0.5, 0.6) is 5.75 Å². The molecule has 2 unspecified atom stereocenters. The van der Waals surface area contributed by atoms with Crippen LogP contribution < -0.4 is 10.5 Å². The van der Waals surface area contributed by atoms with Crippen LogP contribution in [0.15, 0.2) is 42.5 Å². The molecule has 0 amide bonds. The molecule has 2 atom stereocenters. The van der Waals surface area contributed by atoms with Crippen molar-refractivity contribution in [3.05, 3.63) is 57.2 Å². The maximum Gasteiger partial charge on any atom is 0.205 e. The molecular weight excluding hydrogens is 377 g/mol. The van der Waals surface area contributed by atoms with E-state index in [0.717, 1.165) is 14.7 Å². The van der Waals surface area contributed by atoms with Gasteiger partial charge in [-0.3, -0.25) is 5.41 Å². The summed E-state index contributed by atoms with van der Waals surface area (Å²) in [5.41, 5.74) is 8.36. The summed E-state index contributed by atoms with van der Waals surface area (Å²) in [5, 5.41) is 17.4. The number of ether oxygens (including phenoxy) is 1. The highest BCUT2D eigenvalue weighted by atomic mass is 127. The van der Waals surface area contributed by atoms with Crippen LogP contribution in [0.2, 0.25) is 0 Å². The minimum absolute atomic E-state index is 0.0152. The molecule has 0 saturated carbocycles. The Balaban J connectivity index is 2.22. The standard InChI is InChI=1S/C16H12IN3O/c17-10-3-1-2-9(6-10)15-12-7-11(19)4-5-14(12)21-16(20)13(15)8-18/h1-7,13,15,20H,19H2. The normalized spacial score (nSPS) is 20.3. The van der Waals surface area contributed by atoms with E-state index >= 15 is 0 Å². The van der Waals surface area contributed by atoms with Gasteiger partial charge in [-0.2, -0.15) is 5.26 Å². The number of halogens is 1. The molecule has 1 aliphatic rings. The Morgan fingerprint density at radius 1 is 1.24 bits per heavy atom. The van der Waals surface area contributed by atoms with Gasteiger partial charge in [-0.05, 0) is 58.5 Å². The summed E-state index contributed by atoms with van der Waals surface area (Å²) in [4.78, 5) is 0. The Labute approximate surface area is 136 Å². The number of hydrogen-bond acceptors (Lipinski definition) is 4. The van der Waals surface area contributed by atoms with E-state index in [1.54, 1.807) is 12.1 Å². The number of nitriles is 1. The molecule has 3 rings (SSSR count). The highest BCUT2D eigenvalue weighted by molar-refractivity contribution is 14.1. The minimum atomic E-state index is -0.641. The highest BCUT2D eigenvalue weighted by Crippen LogP contribution is 2.42. The summed E-state index contributed by atoms with van der Waals surface area (Å²) in [6, 6.07) is 15.5. The lowest BCUT2D eigenvalue weighted by Gasteiger charge is -2.30. The van der Waals surface area contributed by atoms with Crippen molar-refractivity contribution in [1.29, 1.82) is 10.7 Å². The van der Waals surface area contributed by atoms with Crippen molar-refractivity contribution in [2.75, 3.05) is 5.73 Å². The summed E-state index contributed by atoms with van der Waals surface area (Å²) in [6.45, 7) is 0. The largest absolute Gasteiger partial charge is 0.442 e.